The van der Waals surface area contributed by atoms with Crippen molar-refractivity contribution < 1.29 is 32.9 Å². The maximum Gasteiger partial charge on any atom is 0.313 e. The maximum absolute atomic E-state index is 10.5. The zero-order valence-electron chi connectivity index (χ0n) is 6.09. The van der Waals surface area contributed by atoms with Gasteiger partial charge in [0.2, 0.25) is 0 Å². The van der Waals surface area contributed by atoms with Gasteiger partial charge in [-0.05, 0) is 0 Å². The molecule has 0 aliphatic rings. The number of Topliss-reactive ketones (excluding diaryl/α,β-unsaturated/α-hetero) is 1. The first-order valence-electron chi connectivity index (χ1n) is 2.79. The third-order valence-corrected chi connectivity index (χ3v) is 0.964. The number of esters is 1. The molecule has 1 radical (unpaired) electrons. The van der Waals surface area contributed by atoms with Crippen LogP contribution in [0.5, 0.6) is 0 Å². The Labute approximate surface area is 72.0 Å². The van der Waals surface area contributed by atoms with Crippen LogP contribution < -0.4 is 0 Å². The van der Waals surface area contributed by atoms with Gasteiger partial charge in [0.05, 0.1) is 7.11 Å². The van der Waals surface area contributed by atoms with Crippen LogP contribution in [0.4, 0.5) is 0 Å². The summed E-state index contributed by atoms with van der Waals surface area (Å²) in [6.07, 6.45) is 0.308. The number of methoxy groups -OCH3 is 1. The Balaban J connectivity index is 0. The minimum Gasteiger partial charge on any atom is -0.469 e. The van der Waals surface area contributed by atoms with Gasteiger partial charge in [-0.25, -0.2) is 0 Å². The minimum absolute atomic E-state index is 0. The molecule has 0 saturated carbocycles. The molecule has 0 N–H and O–H groups in total. The molecule has 0 unspecified atom stereocenters. The first-order chi connectivity index (χ1) is 4.20. The van der Waals surface area contributed by atoms with Crippen molar-refractivity contribution >= 4 is 11.8 Å². The average molecular weight is 181 g/mol. The van der Waals surface area contributed by atoms with Gasteiger partial charge >= 0.3 is 5.97 Å². The van der Waals surface area contributed by atoms with Crippen molar-refractivity contribution in [3.8, 4) is 0 Å². The number of ketones is 1. The summed E-state index contributed by atoms with van der Waals surface area (Å²) < 4.78 is 4.26. The van der Waals surface area contributed by atoms with Crippen LogP contribution >= 0.6 is 0 Å². The fraction of sp³-hybridized carbons (Fsp3) is 0.667. The fourth-order valence-electron chi connectivity index (χ4n) is 0.358. The van der Waals surface area contributed by atoms with Crippen LogP contribution in [0.15, 0.2) is 0 Å². The first-order valence-corrected chi connectivity index (χ1v) is 2.79. The SMILES string of the molecule is CCC(=O)CC(=O)OC.[V]. The van der Waals surface area contributed by atoms with Gasteiger partial charge in [0, 0.05) is 25.0 Å². The number of carbonyl (C=O) groups excluding carboxylic acids is 2. The van der Waals surface area contributed by atoms with Gasteiger partial charge in [-0.15, -0.1) is 0 Å². The second kappa shape index (κ2) is 6.84. The van der Waals surface area contributed by atoms with E-state index >= 15 is 0 Å². The molecule has 0 aromatic carbocycles. The fourth-order valence-corrected chi connectivity index (χ4v) is 0.358. The number of rotatable bonds is 3. The molecule has 0 bridgehead atoms. The summed E-state index contributed by atoms with van der Waals surface area (Å²) in [7, 11) is 1.27. The van der Waals surface area contributed by atoms with Gasteiger partial charge in [-0.2, -0.15) is 0 Å². The molecule has 57 valence electrons. The number of hydrogen-bond donors (Lipinski definition) is 0. The van der Waals surface area contributed by atoms with Crippen molar-refractivity contribution in [2.45, 2.75) is 19.8 Å². The molecular formula is C6H10O3V. The summed E-state index contributed by atoms with van der Waals surface area (Å²) >= 11 is 0. The smallest absolute Gasteiger partial charge is 0.313 e. The zero-order valence-corrected chi connectivity index (χ0v) is 7.48. The molecule has 0 heterocycles. The predicted molar refractivity (Wildman–Crippen MR) is 31.9 cm³/mol. The van der Waals surface area contributed by atoms with Gasteiger partial charge in [0.1, 0.15) is 12.2 Å². The summed E-state index contributed by atoms with van der Waals surface area (Å²) in [5.74, 6) is -0.538. The summed E-state index contributed by atoms with van der Waals surface area (Å²) in [4.78, 5) is 20.8. The Morgan fingerprint density at radius 1 is 1.40 bits per heavy atom. The van der Waals surface area contributed by atoms with Crippen LogP contribution in [0.2, 0.25) is 0 Å². The molecule has 4 heteroatoms. The van der Waals surface area contributed by atoms with E-state index in [2.05, 4.69) is 4.74 Å². The monoisotopic (exact) mass is 181 g/mol. The maximum atomic E-state index is 10.5. The van der Waals surface area contributed by atoms with Crippen LogP contribution in [-0.4, -0.2) is 18.9 Å². The normalized spacial score (nSPS) is 7.80. The molecule has 0 atom stereocenters. The molecule has 0 aliphatic heterocycles. The average Bonchev–Trinajstić information content (AvgIpc) is 1.87. The standard InChI is InChI=1S/C6H10O3.V/c1-3-5(7)4-6(8)9-2;/h3-4H2,1-2H3;. The van der Waals surface area contributed by atoms with Crippen molar-refractivity contribution in [3.63, 3.8) is 0 Å². The molecular weight excluding hydrogens is 171 g/mol. The Hall–Kier alpha value is -0.276. The molecule has 0 fully saturated rings. The molecule has 3 nitrogen and oxygen atoms in total. The molecule has 10 heavy (non-hydrogen) atoms. The third kappa shape index (κ3) is 5.85. The predicted octanol–water partition coefficient (Wildman–Crippen LogP) is 0.526. The molecule has 0 saturated heterocycles. The van der Waals surface area contributed by atoms with Crippen molar-refractivity contribution in [1.29, 1.82) is 0 Å². The van der Waals surface area contributed by atoms with Gasteiger partial charge in [0.25, 0.3) is 0 Å². The Morgan fingerprint density at radius 3 is 2.20 bits per heavy atom. The van der Waals surface area contributed by atoms with E-state index in [4.69, 9.17) is 0 Å². The molecule has 0 amide bonds. The van der Waals surface area contributed by atoms with Crippen LogP contribution in [-0.2, 0) is 32.9 Å². The first kappa shape index (κ1) is 12.4. The van der Waals surface area contributed by atoms with E-state index in [-0.39, 0.29) is 30.8 Å². The van der Waals surface area contributed by atoms with E-state index in [1.165, 1.54) is 7.11 Å². The summed E-state index contributed by atoms with van der Waals surface area (Å²) in [5, 5.41) is 0. The molecule has 0 aromatic rings. The molecule has 0 spiro atoms. The Bertz CT molecular complexity index is 108. The van der Waals surface area contributed by atoms with Gasteiger partial charge in [-0.1, -0.05) is 6.92 Å². The van der Waals surface area contributed by atoms with Crippen molar-refractivity contribution in [3.05, 3.63) is 0 Å². The van der Waals surface area contributed by atoms with Crippen LogP contribution in [0, 0.1) is 0 Å². The summed E-state index contributed by atoms with van der Waals surface area (Å²) in [6, 6.07) is 0. The van der Waals surface area contributed by atoms with Crippen LogP contribution in [0.25, 0.3) is 0 Å². The number of hydrogen-bond acceptors (Lipinski definition) is 3. The van der Waals surface area contributed by atoms with E-state index in [9.17, 15) is 9.59 Å². The van der Waals surface area contributed by atoms with E-state index in [1.54, 1.807) is 6.92 Å². The second-order valence-electron chi connectivity index (χ2n) is 1.65. The van der Waals surface area contributed by atoms with Crippen LogP contribution in [0.1, 0.15) is 19.8 Å². The Morgan fingerprint density at radius 2 is 1.90 bits per heavy atom. The molecule has 0 aromatic heterocycles. The second-order valence-corrected chi connectivity index (χ2v) is 1.65. The number of carbonyl (C=O) groups is 2. The molecule has 0 aliphatic carbocycles. The Kier molecular flexibility index (Phi) is 8.48. The van der Waals surface area contributed by atoms with Crippen LogP contribution in [0.3, 0.4) is 0 Å². The van der Waals surface area contributed by atoms with Crippen molar-refractivity contribution in [1.82, 2.24) is 0 Å². The van der Waals surface area contributed by atoms with Crippen molar-refractivity contribution in [2.75, 3.05) is 7.11 Å². The van der Waals surface area contributed by atoms with E-state index in [1.807, 2.05) is 0 Å². The van der Waals surface area contributed by atoms with E-state index in [0.29, 0.717) is 6.42 Å². The minimum atomic E-state index is -0.457. The van der Waals surface area contributed by atoms with Crippen molar-refractivity contribution in [2.24, 2.45) is 0 Å². The van der Waals surface area contributed by atoms with Gasteiger partial charge in [0.15, 0.2) is 0 Å². The summed E-state index contributed by atoms with van der Waals surface area (Å²) in [5.41, 5.74) is 0. The van der Waals surface area contributed by atoms with E-state index < -0.39 is 5.97 Å². The van der Waals surface area contributed by atoms with E-state index in [0.717, 1.165) is 0 Å². The summed E-state index contributed by atoms with van der Waals surface area (Å²) in [6.45, 7) is 1.71. The topological polar surface area (TPSA) is 43.4 Å². The van der Waals surface area contributed by atoms with Gasteiger partial charge in [-0.3, -0.25) is 9.59 Å². The quantitative estimate of drug-likeness (QED) is 0.471. The third-order valence-electron chi connectivity index (χ3n) is 0.964. The molecule has 0 rings (SSSR count). The zero-order chi connectivity index (χ0) is 7.28. The van der Waals surface area contributed by atoms with Gasteiger partial charge < -0.3 is 4.74 Å². The largest absolute Gasteiger partial charge is 0.469 e. The number of ether oxygens (including phenoxy) is 1.